The molecule has 1 aliphatic heterocycles. The van der Waals surface area contributed by atoms with Crippen LogP contribution in [0.15, 0.2) is 54.6 Å². The highest BCUT2D eigenvalue weighted by molar-refractivity contribution is 5.97. The normalized spacial score (nSPS) is 13.2. The molecule has 0 radical (unpaired) electrons. The van der Waals surface area contributed by atoms with Gasteiger partial charge in [0.25, 0.3) is 0 Å². The van der Waals surface area contributed by atoms with Gasteiger partial charge in [-0.3, -0.25) is 9.59 Å². The summed E-state index contributed by atoms with van der Waals surface area (Å²) in [7, 11) is 0. The van der Waals surface area contributed by atoms with E-state index in [0.717, 1.165) is 12.0 Å². The maximum Gasteiger partial charge on any atom is 0.232 e. The standard InChI is InChI=1S/C21H24N2O2/c1-2-22(15-17-8-4-3-5-9-17)20(24)14-21(25)23-13-12-18-10-6-7-11-19(18)16-23/h3-11H,2,12-16H2,1H3. The molecule has 0 saturated heterocycles. The molecule has 1 aliphatic rings. The molecule has 0 aromatic heterocycles. The van der Waals surface area contributed by atoms with Gasteiger partial charge in [0.1, 0.15) is 6.42 Å². The number of nitrogens with zero attached hydrogens (tertiary/aromatic N) is 2. The number of rotatable bonds is 5. The van der Waals surface area contributed by atoms with Gasteiger partial charge in [-0.05, 0) is 30.0 Å². The molecule has 0 spiro atoms. The zero-order chi connectivity index (χ0) is 17.6. The highest BCUT2D eigenvalue weighted by Crippen LogP contribution is 2.19. The second kappa shape index (κ2) is 7.97. The Morgan fingerprint density at radius 1 is 1.00 bits per heavy atom. The molecule has 2 aromatic rings. The van der Waals surface area contributed by atoms with E-state index < -0.39 is 0 Å². The van der Waals surface area contributed by atoms with E-state index in [4.69, 9.17) is 0 Å². The van der Waals surface area contributed by atoms with Crippen LogP contribution in [0.3, 0.4) is 0 Å². The first-order valence-electron chi connectivity index (χ1n) is 8.83. The predicted octanol–water partition coefficient (Wildman–Crippen LogP) is 3.01. The summed E-state index contributed by atoms with van der Waals surface area (Å²) in [5.41, 5.74) is 3.57. The van der Waals surface area contributed by atoms with Crippen LogP contribution in [0, 0.1) is 0 Å². The van der Waals surface area contributed by atoms with E-state index in [2.05, 4.69) is 12.1 Å². The van der Waals surface area contributed by atoms with E-state index in [-0.39, 0.29) is 18.2 Å². The van der Waals surface area contributed by atoms with Crippen molar-refractivity contribution in [1.29, 1.82) is 0 Å². The van der Waals surface area contributed by atoms with Crippen molar-refractivity contribution in [2.45, 2.75) is 32.9 Å². The molecule has 4 heteroatoms. The molecule has 2 amide bonds. The summed E-state index contributed by atoms with van der Waals surface area (Å²) >= 11 is 0. The van der Waals surface area contributed by atoms with E-state index in [1.165, 1.54) is 11.1 Å². The molecular weight excluding hydrogens is 312 g/mol. The van der Waals surface area contributed by atoms with E-state index in [9.17, 15) is 9.59 Å². The van der Waals surface area contributed by atoms with E-state index in [0.29, 0.717) is 26.2 Å². The largest absolute Gasteiger partial charge is 0.338 e. The molecule has 0 unspecified atom stereocenters. The summed E-state index contributed by atoms with van der Waals surface area (Å²) < 4.78 is 0. The number of amides is 2. The maximum atomic E-state index is 12.6. The van der Waals surface area contributed by atoms with Crippen LogP contribution >= 0.6 is 0 Å². The Kier molecular flexibility index (Phi) is 5.49. The van der Waals surface area contributed by atoms with Crippen molar-refractivity contribution in [3.05, 3.63) is 71.3 Å². The lowest BCUT2D eigenvalue weighted by molar-refractivity contribution is -0.141. The molecule has 0 fully saturated rings. The topological polar surface area (TPSA) is 40.6 Å². The first-order chi connectivity index (χ1) is 12.2. The average Bonchev–Trinajstić information content (AvgIpc) is 2.66. The zero-order valence-electron chi connectivity index (χ0n) is 14.6. The third-order valence-electron chi connectivity index (χ3n) is 4.74. The first kappa shape index (κ1) is 17.2. The minimum absolute atomic E-state index is 0.0527. The molecule has 0 bridgehead atoms. The van der Waals surface area contributed by atoms with Crippen LogP contribution in [0.1, 0.15) is 30.0 Å². The minimum atomic E-state index is -0.102. The minimum Gasteiger partial charge on any atom is -0.338 e. The number of hydrogen-bond acceptors (Lipinski definition) is 2. The zero-order valence-corrected chi connectivity index (χ0v) is 14.6. The van der Waals surface area contributed by atoms with Gasteiger partial charge >= 0.3 is 0 Å². The van der Waals surface area contributed by atoms with Gasteiger partial charge in [0, 0.05) is 26.2 Å². The van der Waals surface area contributed by atoms with Crippen molar-refractivity contribution in [3.63, 3.8) is 0 Å². The highest BCUT2D eigenvalue weighted by Gasteiger charge is 2.24. The van der Waals surface area contributed by atoms with Gasteiger partial charge < -0.3 is 9.80 Å². The van der Waals surface area contributed by atoms with Crippen LogP contribution in [0.4, 0.5) is 0 Å². The van der Waals surface area contributed by atoms with Crippen molar-refractivity contribution in [2.24, 2.45) is 0 Å². The van der Waals surface area contributed by atoms with Gasteiger partial charge in [-0.1, -0.05) is 54.6 Å². The van der Waals surface area contributed by atoms with Crippen molar-refractivity contribution in [3.8, 4) is 0 Å². The number of hydrogen-bond donors (Lipinski definition) is 0. The first-order valence-corrected chi connectivity index (χ1v) is 8.83. The Labute approximate surface area is 149 Å². The summed E-state index contributed by atoms with van der Waals surface area (Å²) in [6, 6.07) is 18.1. The summed E-state index contributed by atoms with van der Waals surface area (Å²) in [4.78, 5) is 28.7. The number of benzene rings is 2. The fourth-order valence-corrected chi connectivity index (χ4v) is 3.24. The van der Waals surface area contributed by atoms with Gasteiger partial charge in [-0.25, -0.2) is 0 Å². The number of carbonyl (C=O) groups is 2. The van der Waals surface area contributed by atoms with Crippen molar-refractivity contribution >= 4 is 11.8 Å². The summed E-state index contributed by atoms with van der Waals surface area (Å²) in [6.07, 6.45) is 0.806. The van der Waals surface area contributed by atoms with Crippen LogP contribution in [-0.4, -0.2) is 34.7 Å². The van der Waals surface area contributed by atoms with Crippen LogP contribution in [0.2, 0.25) is 0 Å². The van der Waals surface area contributed by atoms with Gasteiger partial charge in [0.05, 0.1) is 0 Å². The molecule has 0 saturated carbocycles. The smallest absolute Gasteiger partial charge is 0.232 e. The van der Waals surface area contributed by atoms with Crippen LogP contribution < -0.4 is 0 Å². The lowest BCUT2D eigenvalue weighted by Crippen LogP contribution is -2.40. The molecule has 0 N–H and O–H groups in total. The Bertz CT molecular complexity index is 731. The van der Waals surface area contributed by atoms with Gasteiger partial charge in [-0.2, -0.15) is 0 Å². The van der Waals surface area contributed by atoms with E-state index >= 15 is 0 Å². The quantitative estimate of drug-likeness (QED) is 0.788. The van der Waals surface area contributed by atoms with Gasteiger partial charge in [-0.15, -0.1) is 0 Å². The third kappa shape index (κ3) is 4.27. The second-order valence-electron chi connectivity index (χ2n) is 6.40. The van der Waals surface area contributed by atoms with E-state index in [1.807, 2.05) is 49.4 Å². The van der Waals surface area contributed by atoms with Crippen molar-refractivity contribution in [1.82, 2.24) is 9.80 Å². The molecule has 0 aliphatic carbocycles. The van der Waals surface area contributed by atoms with E-state index in [1.54, 1.807) is 9.80 Å². The summed E-state index contributed by atoms with van der Waals surface area (Å²) in [5.74, 6) is -0.179. The fourth-order valence-electron chi connectivity index (χ4n) is 3.24. The summed E-state index contributed by atoms with van der Waals surface area (Å²) in [5, 5.41) is 0. The maximum absolute atomic E-state index is 12.6. The van der Waals surface area contributed by atoms with Crippen molar-refractivity contribution < 1.29 is 9.59 Å². The molecule has 3 rings (SSSR count). The highest BCUT2D eigenvalue weighted by atomic mass is 16.2. The molecule has 1 heterocycles. The molecule has 130 valence electrons. The SMILES string of the molecule is CCN(Cc1ccccc1)C(=O)CC(=O)N1CCc2ccccc2C1. The molecule has 0 atom stereocenters. The van der Waals surface area contributed by atoms with Gasteiger partial charge in [0.15, 0.2) is 0 Å². The van der Waals surface area contributed by atoms with Crippen molar-refractivity contribution in [2.75, 3.05) is 13.1 Å². The molecule has 25 heavy (non-hydrogen) atoms. The molecule has 2 aromatic carbocycles. The molecular formula is C21H24N2O2. The molecule has 4 nitrogen and oxygen atoms in total. The fraction of sp³-hybridized carbons (Fsp3) is 0.333. The summed E-state index contributed by atoms with van der Waals surface area (Å²) in [6.45, 7) is 4.39. The monoisotopic (exact) mass is 336 g/mol. The Morgan fingerprint density at radius 2 is 1.68 bits per heavy atom. The van der Waals surface area contributed by atoms with Crippen LogP contribution in [0.5, 0.6) is 0 Å². The lowest BCUT2D eigenvalue weighted by atomic mass is 10.00. The second-order valence-corrected chi connectivity index (χ2v) is 6.40. The Hall–Kier alpha value is -2.62. The Morgan fingerprint density at radius 3 is 2.40 bits per heavy atom. The third-order valence-corrected chi connectivity index (χ3v) is 4.74. The number of carbonyl (C=O) groups excluding carboxylic acids is 2. The predicted molar refractivity (Wildman–Crippen MR) is 97.7 cm³/mol. The van der Waals surface area contributed by atoms with Crippen LogP contribution in [-0.2, 0) is 29.1 Å². The average molecular weight is 336 g/mol. The van der Waals surface area contributed by atoms with Gasteiger partial charge in [0.2, 0.25) is 11.8 Å². The van der Waals surface area contributed by atoms with Crippen LogP contribution in [0.25, 0.3) is 0 Å². The Balaban J connectivity index is 1.59. The lowest BCUT2D eigenvalue weighted by Gasteiger charge is -2.29. The number of fused-ring (bicyclic) bond motifs is 1.